The standard InChI is InChI=1S/C27H23F3N2O4/c1-26(31,15-25(33)34)24-14-22(32-36-24)20-11-12-23(21(13-20)27(28,29)30)35-16-17-7-9-19(10-8-17)18-5-3-2-4-6-18/h2-14H,15-16,31H2,1H3,(H,33,34)/t26-/m0/s1. The van der Waals surface area contributed by atoms with E-state index >= 15 is 0 Å². The molecule has 186 valence electrons. The van der Waals surface area contributed by atoms with Crippen molar-refractivity contribution in [3.8, 4) is 28.1 Å². The van der Waals surface area contributed by atoms with Gasteiger partial charge in [-0.1, -0.05) is 59.8 Å². The van der Waals surface area contributed by atoms with Gasteiger partial charge in [-0.05, 0) is 41.8 Å². The quantitative estimate of drug-likeness (QED) is 0.299. The Labute approximate surface area is 205 Å². The Morgan fingerprint density at radius 3 is 2.25 bits per heavy atom. The van der Waals surface area contributed by atoms with E-state index in [9.17, 15) is 18.0 Å². The second-order valence-electron chi connectivity index (χ2n) is 8.62. The fourth-order valence-corrected chi connectivity index (χ4v) is 3.70. The number of hydrogen-bond acceptors (Lipinski definition) is 5. The Morgan fingerprint density at radius 1 is 0.972 bits per heavy atom. The van der Waals surface area contributed by atoms with Crippen LogP contribution in [0.3, 0.4) is 0 Å². The maximum atomic E-state index is 13.8. The zero-order valence-corrected chi connectivity index (χ0v) is 19.3. The van der Waals surface area contributed by atoms with E-state index in [0.29, 0.717) is 5.56 Å². The molecule has 0 aliphatic carbocycles. The number of carboxylic acid groups (broad SMARTS) is 1. The second-order valence-corrected chi connectivity index (χ2v) is 8.62. The highest BCUT2D eigenvalue weighted by Crippen LogP contribution is 2.39. The molecular weight excluding hydrogens is 473 g/mol. The van der Waals surface area contributed by atoms with Crippen molar-refractivity contribution in [2.75, 3.05) is 0 Å². The van der Waals surface area contributed by atoms with E-state index in [1.54, 1.807) is 0 Å². The predicted molar refractivity (Wildman–Crippen MR) is 127 cm³/mol. The minimum atomic E-state index is -4.68. The normalized spacial score (nSPS) is 13.2. The van der Waals surface area contributed by atoms with Gasteiger partial charge >= 0.3 is 12.1 Å². The monoisotopic (exact) mass is 496 g/mol. The summed E-state index contributed by atoms with van der Waals surface area (Å²) in [6.07, 6.45) is -5.12. The van der Waals surface area contributed by atoms with E-state index in [1.165, 1.54) is 25.1 Å². The average molecular weight is 496 g/mol. The second kappa shape index (κ2) is 9.87. The molecule has 0 aliphatic rings. The number of alkyl halides is 3. The number of hydrogen-bond donors (Lipinski definition) is 2. The molecule has 4 aromatic rings. The first-order valence-electron chi connectivity index (χ1n) is 11.0. The Balaban J connectivity index is 1.54. The van der Waals surface area contributed by atoms with E-state index in [0.717, 1.165) is 17.2 Å². The first-order chi connectivity index (χ1) is 17.0. The fraction of sp³-hybridized carbons (Fsp3) is 0.185. The van der Waals surface area contributed by atoms with Gasteiger partial charge in [0.15, 0.2) is 5.76 Å². The summed E-state index contributed by atoms with van der Waals surface area (Å²) in [4.78, 5) is 11.0. The number of ether oxygens (including phenoxy) is 1. The lowest BCUT2D eigenvalue weighted by Gasteiger charge is -2.17. The topological polar surface area (TPSA) is 98.6 Å². The summed E-state index contributed by atoms with van der Waals surface area (Å²) in [6, 6.07) is 22.0. The number of aliphatic carboxylic acids is 1. The molecule has 1 atom stereocenters. The summed E-state index contributed by atoms with van der Waals surface area (Å²) in [6.45, 7) is 1.39. The molecule has 3 aromatic carbocycles. The van der Waals surface area contributed by atoms with Gasteiger partial charge in [0.25, 0.3) is 0 Å². The van der Waals surface area contributed by atoms with Crippen molar-refractivity contribution >= 4 is 5.97 Å². The van der Waals surface area contributed by atoms with Crippen LogP contribution in [-0.4, -0.2) is 16.2 Å². The molecule has 9 heteroatoms. The van der Waals surface area contributed by atoms with Gasteiger partial charge in [-0.25, -0.2) is 0 Å². The highest BCUT2D eigenvalue weighted by atomic mass is 19.4. The van der Waals surface area contributed by atoms with E-state index in [-0.39, 0.29) is 29.4 Å². The molecule has 0 saturated carbocycles. The highest BCUT2D eigenvalue weighted by molar-refractivity contribution is 5.69. The van der Waals surface area contributed by atoms with Crippen molar-refractivity contribution in [1.29, 1.82) is 0 Å². The Morgan fingerprint density at radius 2 is 1.61 bits per heavy atom. The number of halogens is 3. The maximum absolute atomic E-state index is 13.8. The van der Waals surface area contributed by atoms with Crippen LogP contribution in [-0.2, 0) is 23.1 Å². The van der Waals surface area contributed by atoms with Gasteiger partial charge in [-0.3, -0.25) is 4.79 Å². The van der Waals surface area contributed by atoms with E-state index in [2.05, 4.69) is 5.16 Å². The Hall–Kier alpha value is -4.11. The lowest BCUT2D eigenvalue weighted by molar-refractivity contribution is -0.139. The fourth-order valence-electron chi connectivity index (χ4n) is 3.70. The lowest BCUT2D eigenvalue weighted by Crippen LogP contribution is -2.35. The van der Waals surface area contributed by atoms with Crippen molar-refractivity contribution in [2.24, 2.45) is 5.73 Å². The molecule has 0 unspecified atom stereocenters. The van der Waals surface area contributed by atoms with Gasteiger partial charge in [-0.15, -0.1) is 0 Å². The van der Waals surface area contributed by atoms with Crippen LogP contribution in [0.5, 0.6) is 5.75 Å². The minimum absolute atomic E-state index is 0.0488. The van der Waals surface area contributed by atoms with Crippen LogP contribution in [0.25, 0.3) is 22.4 Å². The van der Waals surface area contributed by atoms with Crippen molar-refractivity contribution in [1.82, 2.24) is 5.16 Å². The molecule has 1 heterocycles. The van der Waals surface area contributed by atoms with Gasteiger partial charge in [0.1, 0.15) is 18.1 Å². The van der Waals surface area contributed by atoms with Crippen LogP contribution >= 0.6 is 0 Å². The minimum Gasteiger partial charge on any atom is -0.488 e. The van der Waals surface area contributed by atoms with Crippen LogP contribution in [0.15, 0.2) is 83.4 Å². The molecular formula is C27H23F3N2O4. The number of carbonyl (C=O) groups is 1. The third kappa shape index (κ3) is 5.75. The van der Waals surface area contributed by atoms with Gasteiger partial charge in [0.2, 0.25) is 0 Å². The first-order valence-corrected chi connectivity index (χ1v) is 11.0. The molecule has 0 radical (unpaired) electrons. The van der Waals surface area contributed by atoms with Crippen LogP contribution in [0, 0.1) is 0 Å². The summed E-state index contributed by atoms with van der Waals surface area (Å²) in [5.41, 5.74) is 6.61. The van der Waals surface area contributed by atoms with Gasteiger partial charge in [0.05, 0.1) is 17.5 Å². The van der Waals surface area contributed by atoms with Crippen molar-refractivity contribution in [2.45, 2.75) is 31.7 Å². The van der Waals surface area contributed by atoms with E-state index in [4.69, 9.17) is 20.1 Å². The van der Waals surface area contributed by atoms with Crippen LogP contribution < -0.4 is 10.5 Å². The summed E-state index contributed by atoms with van der Waals surface area (Å²) in [7, 11) is 0. The first kappa shape index (κ1) is 25.0. The number of rotatable bonds is 8. The molecule has 0 fully saturated rings. The highest BCUT2D eigenvalue weighted by Gasteiger charge is 2.35. The van der Waals surface area contributed by atoms with Gasteiger partial charge in [0, 0.05) is 11.6 Å². The largest absolute Gasteiger partial charge is 0.488 e. The van der Waals surface area contributed by atoms with E-state index < -0.39 is 29.7 Å². The maximum Gasteiger partial charge on any atom is 0.419 e. The summed E-state index contributed by atoms with van der Waals surface area (Å²) < 4.78 is 52.2. The van der Waals surface area contributed by atoms with E-state index in [1.807, 2.05) is 54.6 Å². The number of nitrogens with two attached hydrogens (primary N) is 1. The zero-order valence-electron chi connectivity index (χ0n) is 19.3. The SMILES string of the molecule is C[C@](N)(CC(=O)O)c1cc(-c2ccc(OCc3ccc(-c4ccccc4)cc3)c(C(F)(F)F)c2)no1. The molecule has 0 bridgehead atoms. The van der Waals surface area contributed by atoms with Crippen LogP contribution in [0.1, 0.15) is 30.2 Å². The zero-order chi connectivity index (χ0) is 25.9. The molecule has 0 spiro atoms. The van der Waals surface area contributed by atoms with Gasteiger partial charge in [-0.2, -0.15) is 13.2 Å². The predicted octanol–water partition coefficient (Wildman–Crippen LogP) is 6.26. The Kier molecular flexibility index (Phi) is 6.85. The Bertz CT molecular complexity index is 1350. The molecule has 0 aliphatic heterocycles. The summed E-state index contributed by atoms with van der Waals surface area (Å²) in [5.74, 6) is -1.42. The summed E-state index contributed by atoms with van der Waals surface area (Å²) in [5, 5.41) is 12.8. The van der Waals surface area contributed by atoms with Crippen LogP contribution in [0.2, 0.25) is 0 Å². The van der Waals surface area contributed by atoms with Crippen molar-refractivity contribution < 1.29 is 32.3 Å². The molecule has 36 heavy (non-hydrogen) atoms. The van der Waals surface area contributed by atoms with Gasteiger partial charge < -0.3 is 20.1 Å². The molecule has 0 saturated heterocycles. The molecule has 1 aromatic heterocycles. The van der Waals surface area contributed by atoms with Crippen molar-refractivity contribution in [3.05, 3.63) is 95.7 Å². The average Bonchev–Trinajstić information content (AvgIpc) is 3.34. The molecule has 3 N–H and O–H groups in total. The molecule has 4 rings (SSSR count). The number of nitrogens with zero attached hydrogens (tertiary/aromatic N) is 1. The third-order valence-corrected chi connectivity index (χ3v) is 5.63. The smallest absolute Gasteiger partial charge is 0.419 e. The number of aromatic nitrogens is 1. The summed E-state index contributed by atoms with van der Waals surface area (Å²) >= 11 is 0. The lowest BCUT2D eigenvalue weighted by atomic mass is 9.95. The number of carboxylic acids is 1. The number of benzene rings is 3. The molecule has 0 amide bonds. The van der Waals surface area contributed by atoms with Crippen molar-refractivity contribution in [3.63, 3.8) is 0 Å². The molecule has 6 nitrogen and oxygen atoms in total. The van der Waals surface area contributed by atoms with Crippen LogP contribution in [0.4, 0.5) is 13.2 Å². The third-order valence-electron chi connectivity index (χ3n) is 5.63.